The first-order valence-electron chi connectivity index (χ1n) is 5.58. The molecule has 0 spiro atoms. The Morgan fingerprint density at radius 3 is 2.38 bits per heavy atom. The van der Waals surface area contributed by atoms with Crippen LogP contribution in [0, 0.1) is 5.92 Å². The van der Waals surface area contributed by atoms with Crippen molar-refractivity contribution in [1.29, 1.82) is 0 Å². The van der Waals surface area contributed by atoms with Crippen molar-refractivity contribution < 1.29 is 9.59 Å². The van der Waals surface area contributed by atoms with Gasteiger partial charge >= 0.3 is 0 Å². The Bertz CT molecular complexity index is 241. The fourth-order valence-electron chi connectivity index (χ4n) is 1.11. The first-order valence-corrected chi connectivity index (χ1v) is 5.58. The van der Waals surface area contributed by atoms with Gasteiger partial charge in [-0.25, -0.2) is 0 Å². The Morgan fingerprint density at radius 2 is 1.94 bits per heavy atom. The predicted molar refractivity (Wildman–Crippen MR) is 63.8 cm³/mol. The number of nitrogens with zero attached hydrogens (tertiary/aromatic N) is 1. The molecule has 94 valence electrons. The normalized spacial score (nSPS) is 12.4. The van der Waals surface area contributed by atoms with Crippen LogP contribution in [-0.2, 0) is 9.59 Å². The second-order valence-corrected chi connectivity index (χ2v) is 4.35. The maximum absolute atomic E-state index is 11.7. The number of hydrogen-bond donors (Lipinski definition) is 2. The minimum Gasteiger partial charge on any atom is -0.359 e. The van der Waals surface area contributed by atoms with Crippen LogP contribution in [0.2, 0.25) is 0 Å². The van der Waals surface area contributed by atoms with Gasteiger partial charge in [-0.3, -0.25) is 9.59 Å². The number of carbonyl (C=O) groups excluding carboxylic acids is 2. The Labute approximate surface area is 97.4 Å². The van der Waals surface area contributed by atoms with Gasteiger partial charge in [0, 0.05) is 39.5 Å². The molecule has 0 aliphatic heterocycles. The molecule has 5 nitrogen and oxygen atoms in total. The summed E-state index contributed by atoms with van der Waals surface area (Å²) < 4.78 is 0. The van der Waals surface area contributed by atoms with Crippen molar-refractivity contribution in [3.8, 4) is 0 Å². The summed E-state index contributed by atoms with van der Waals surface area (Å²) >= 11 is 0. The maximum atomic E-state index is 11.7. The molecule has 2 amide bonds. The van der Waals surface area contributed by atoms with Crippen LogP contribution in [0.25, 0.3) is 0 Å². The van der Waals surface area contributed by atoms with Crippen molar-refractivity contribution in [2.24, 2.45) is 11.7 Å². The standard InChI is InChI=1S/C11H23N3O2/c1-8(2)9(12)7-11(16)14(4)6-5-10(15)13-3/h8-9H,5-7,12H2,1-4H3,(H,13,15). The van der Waals surface area contributed by atoms with Crippen LogP contribution in [0.4, 0.5) is 0 Å². The molecule has 0 radical (unpaired) electrons. The largest absolute Gasteiger partial charge is 0.359 e. The van der Waals surface area contributed by atoms with E-state index in [0.29, 0.717) is 19.4 Å². The molecule has 0 saturated carbocycles. The molecule has 5 heteroatoms. The van der Waals surface area contributed by atoms with Gasteiger partial charge in [0.25, 0.3) is 0 Å². The van der Waals surface area contributed by atoms with E-state index in [1.54, 1.807) is 19.0 Å². The molecule has 0 aliphatic carbocycles. The Kier molecular flexibility index (Phi) is 6.72. The Hall–Kier alpha value is -1.10. The van der Waals surface area contributed by atoms with Crippen LogP contribution in [0.1, 0.15) is 26.7 Å². The summed E-state index contributed by atoms with van der Waals surface area (Å²) in [6.45, 7) is 4.41. The van der Waals surface area contributed by atoms with Crippen molar-refractivity contribution in [3.63, 3.8) is 0 Å². The highest BCUT2D eigenvalue weighted by atomic mass is 16.2. The van der Waals surface area contributed by atoms with Crippen LogP contribution in [0.15, 0.2) is 0 Å². The first kappa shape index (κ1) is 14.9. The van der Waals surface area contributed by atoms with Gasteiger partial charge in [0.15, 0.2) is 0 Å². The zero-order valence-electron chi connectivity index (χ0n) is 10.6. The molecule has 3 N–H and O–H groups in total. The Balaban J connectivity index is 3.95. The summed E-state index contributed by atoms with van der Waals surface area (Å²) in [5.41, 5.74) is 5.81. The number of nitrogens with one attached hydrogen (secondary N) is 1. The van der Waals surface area contributed by atoms with Crippen LogP contribution in [0.5, 0.6) is 0 Å². The van der Waals surface area contributed by atoms with Gasteiger partial charge in [-0.2, -0.15) is 0 Å². The van der Waals surface area contributed by atoms with Gasteiger partial charge in [-0.1, -0.05) is 13.8 Å². The van der Waals surface area contributed by atoms with Gasteiger partial charge in [0.2, 0.25) is 11.8 Å². The third-order valence-corrected chi connectivity index (χ3v) is 2.65. The maximum Gasteiger partial charge on any atom is 0.223 e. The quantitative estimate of drug-likeness (QED) is 0.671. The summed E-state index contributed by atoms with van der Waals surface area (Å²) in [7, 11) is 3.27. The lowest BCUT2D eigenvalue weighted by Gasteiger charge is -2.21. The molecule has 1 atom stereocenters. The SMILES string of the molecule is CNC(=O)CCN(C)C(=O)CC(N)C(C)C. The lowest BCUT2D eigenvalue weighted by atomic mass is 10.0. The van der Waals surface area contributed by atoms with E-state index < -0.39 is 0 Å². The van der Waals surface area contributed by atoms with Crippen LogP contribution in [0.3, 0.4) is 0 Å². The highest BCUT2D eigenvalue weighted by Crippen LogP contribution is 2.05. The molecule has 0 aromatic carbocycles. The molecule has 0 aliphatic rings. The first-order chi connectivity index (χ1) is 7.38. The van der Waals surface area contributed by atoms with Crippen LogP contribution >= 0.6 is 0 Å². The molecule has 0 aromatic rings. The van der Waals surface area contributed by atoms with Crippen molar-refractivity contribution in [2.45, 2.75) is 32.7 Å². The monoisotopic (exact) mass is 229 g/mol. The van der Waals surface area contributed by atoms with E-state index in [4.69, 9.17) is 5.73 Å². The summed E-state index contributed by atoms with van der Waals surface area (Å²) in [5.74, 6) is 0.217. The van der Waals surface area contributed by atoms with Crippen molar-refractivity contribution in [3.05, 3.63) is 0 Å². The highest BCUT2D eigenvalue weighted by Gasteiger charge is 2.16. The fraction of sp³-hybridized carbons (Fsp3) is 0.818. The molecule has 16 heavy (non-hydrogen) atoms. The van der Waals surface area contributed by atoms with E-state index in [9.17, 15) is 9.59 Å². The summed E-state index contributed by atoms with van der Waals surface area (Å²) in [6, 6.07) is -0.116. The Morgan fingerprint density at radius 1 is 1.38 bits per heavy atom. The third-order valence-electron chi connectivity index (χ3n) is 2.65. The van der Waals surface area contributed by atoms with Crippen molar-refractivity contribution in [1.82, 2.24) is 10.2 Å². The van der Waals surface area contributed by atoms with Crippen molar-refractivity contribution >= 4 is 11.8 Å². The van der Waals surface area contributed by atoms with Crippen LogP contribution in [-0.4, -0.2) is 43.4 Å². The molecule has 0 aromatic heterocycles. The van der Waals surface area contributed by atoms with Crippen LogP contribution < -0.4 is 11.1 Å². The number of nitrogens with two attached hydrogens (primary N) is 1. The van der Waals surface area contributed by atoms with Crippen molar-refractivity contribution in [2.75, 3.05) is 20.6 Å². The molecular weight excluding hydrogens is 206 g/mol. The summed E-state index contributed by atoms with van der Waals surface area (Å²) in [4.78, 5) is 24.2. The molecule has 1 unspecified atom stereocenters. The molecule has 0 bridgehead atoms. The molecular formula is C11H23N3O2. The van der Waals surface area contributed by atoms with E-state index in [2.05, 4.69) is 5.32 Å². The average molecular weight is 229 g/mol. The molecule has 0 fully saturated rings. The number of rotatable bonds is 6. The molecule has 0 rings (SSSR count). The minimum atomic E-state index is -0.116. The van der Waals surface area contributed by atoms with Gasteiger partial charge in [0.05, 0.1) is 0 Å². The lowest BCUT2D eigenvalue weighted by Crippen LogP contribution is -2.37. The van der Waals surface area contributed by atoms with E-state index in [-0.39, 0.29) is 23.8 Å². The zero-order chi connectivity index (χ0) is 12.7. The van der Waals surface area contributed by atoms with E-state index >= 15 is 0 Å². The minimum absolute atomic E-state index is 0.00916. The lowest BCUT2D eigenvalue weighted by molar-refractivity contribution is -0.131. The average Bonchev–Trinajstić information content (AvgIpc) is 2.24. The highest BCUT2D eigenvalue weighted by molar-refractivity contribution is 5.79. The third kappa shape index (κ3) is 5.70. The smallest absolute Gasteiger partial charge is 0.223 e. The molecule has 0 saturated heterocycles. The van der Waals surface area contributed by atoms with Gasteiger partial charge in [-0.15, -0.1) is 0 Å². The van der Waals surface area contributed by atoms with Gasteiger partial charge in [-0.05, 0) is 5.92 Å². The van der Waals surface area contributed by atoms with Gasteiger partial charge < -0.3 is 16.0 Å². The van der Waals surface area contributed by atoms with Gasteiger partial charge in [0.1, 0.15) is 0 Å². The molecule has 0 heterocycles. The van der Waals surface area contributed by atoms with E-state index in [1.165, 1.54) is 0 Å². The number of hydrogen-bond acceptors (Lipinski definition) is 3. The fourth-order valence-corrected chi connectivity index (χ4v) is 1.11. The summed E-state index contributed by atoms with van der Waals surface area (Å²) in [6.07, 6.45) is 0.664. The topological polar surface area (TPSA) is 75.4 Å². The second-order valence-electron chi connectivity index (χ2n) is 4.35. The number of carbonyl (C=O) groups is 2. The summed E-state index contributed by atoms with van der Waals surface area (Å²) in [5, 5.41) is 2.52. The van der Waals surface area contributed by atoms with E-state index in [1.807, 2.05) is 13.8 Å². The van der Waals surface area contributed by atoms with E-state index in [0.717, 1.165) is 0 Å². The predicted octanol–water partition coefficient (Wildman–Crippen LogP) is -0.0457. The zero-order valence-corrected chi connectivity index (χ0v) is 10.6. The number of amides is 2. The second kappa shape index (κ2) is 7.22.